The molecule has 3 heteroatoms. The van der Waals surface area contributed by atoms with Crippen LogP contribution >= 0.6 is 22.6 Å². The SMILES string of the molecule is CCc1cc(I)cn1CCOC1CC1. The van der Waals surface area contributed by atoms with Gasteiger partial charge < -0.3 is 9.30 Å². The maximum Gasteiger partial charge on any atom is 0.0649 e. The van der Waals surface area contributed by atoms with Gasteiger partial charge in [0, 0.05) is 22.0 Å². The van der Waals surface area contributed by atoms with Gasteiger partial charge in [-0.25, -0.2) is 0 Å². The van der Waals surface area contributed by atoms with Crippen molar-refractivity contribution in [2.75, 3.05) is 6.61 Å². The summed E-state index contributed by atoms with van der Waals surface area (Å²) in [5.74, 6) is 0. The molecule has 1 saturated carbocycles. The number of hydrogen-bond acceptors (Lipinski definition) is 1. The quantitative estimate of drug-likeness (QED) is 0.763. The highest BCUT2D eigenvalue weighted by Crippen LogP contribution is 2.23. The summed E-state index contributed by atoms with van der Waals surface area (Å²) in [6.07, 6.45) is 6.42. The van der Waals surface area contributed by atoms with E-state index in [4.69, 9.17) is 4.74 Å². The Morgan fingerprint density at radius 3 is 3.00 bits per heavy atom. The van der Waals surface area contributed by atoms with Gasteiger partial charge in [-0.2, -0.15) is 0 Å². The minimum absolute atomic E-state index is 0.578. The Morgan fingerprint density at radius 1 is 1.57 bits per heavy atom. The van der Waals surface area contributed by atoms with Crippen LogP contribution in [0.25, 0.3) is 0 Å². The van der Waals surface area contributed by atoms with Crippen LogP contribution in [0.1, 0.15) is 25.5 Å². The first-order chi connectivity index (χ1) is 6.79. The van der Waals surface area contributed by atoms with Crippen molar-refractivity contribution in [2.45, 2.75) is 38.8 Å². The molecule has 1 aromatic heterocycles. The lowest BCUT2D eigenvalue weighted by Gasteiger charge is -2.07. The molecule has 0 spiro atoms. The van der Waals surface area contributed by atoms with Gasteiger partial charge in [-0.15, -0.1) is 0 Å². The zero-order valence-corrected chi connectivity index (χ0v) is 10.7. The Labute approximate surface area is 98.8 Å². The van der Waals surface area contributed by atoms with Crippen molar-refractivity contribution in [3.05, 3.63) is 21.5 Å². The molecule has 0 aliphatic heterocycles. The van der Waals surface area contributed by atoms with Crippen LogP contribution in [-0.2, 0) is 17.7 Å². The maximum absolute atomic E-state index is 5.64. The van der Waals surface area contributed by atoms with Gasteiger partial charge in [0.15, 0.2) is 0 Å². The molecule has 2 nitrogen and oxygen atoms in total. The highest BCUT2D eigenvalue weighted by atomic mass is 127. The number of aromatic nitrogens is 1. The van der Waals surface area contributed by atoms with Gasteiger partial charge in [0.25, 0.3) is 0 Å². The molecule has 1 aliphatic carbocycles. The standard InChI is InChI=1S/C11H16INO/c1-2-10-7-9(12)8-13(10)5-6-14-11-3-4-11/h7-8,11H,2-6H2,1H3. The summed E-state index contributed by atoms with van der Waals surface area (Å²) >= 11 is 2.37. The molecule has 1 aliphatic rings. The van der Waals surface area contributed by atoms with E-state index in [1.54, 1.807) is 0 Å². The summed E-state index contributed by atoms with van der Waals surface area (Å²) in [6.45, 7) is 4.06. The van der Waals surface area contributed by atoms with Crippen LogP contribution in [0.3, 0.4) is 0 Å². The summed E-state index contributed by atoms with van der Waals surface area (Å²) in [5, 5.41) is 0. The van der Waals surface area contributed by atoms with E-state index in [1.807, 2.05) is 0 Å². The highest BCUT2D eigenvalue weighted by molar-refractivity contribution is 14.1. The summed E-state index contributed by atoms with van der Waals surface area (Å²) in [4.78, 5) is 0. The van der Waals surface area contributed by atoms with Gasteiger partial charge in [0.1, 0.15) is 0 Å². The Kier molecular flexibility index (Phi) is 3.49. The van der Waals surface area contributed by atoms with Gasteiger partial charge in [-0.3, -0.25) is 0 Å². The van der Waals surface area contributed by atoms with Gasteiger partial charge in [-0.05, 0) is 47.9 Å². The fourth-order valence-corrected chi connectivity index (χ4v) is 2.27. The topological polar surface area (TPSA) is 14.2 Å². The molecule has 0 radical (unpaired) electrons. The molecule has 78 valence electrons. The van der Waals surface area contributed by atoms with Crippen LogP contribution in [0.2, 0.25) is 0 Å². The number of hydrogen-bond donors (Lipinski definition) is 0. The fraction of sp³-hybridized carbons (Fsp3) is 0.636. The van der Waals surface area contributed by atoms with Crippen LogP contribution in [0.4, 0.5) is 0 Å². The number of rotatable bonds is 5. The molecule has 0 atom stereocenters. The van der Waals surface area contributed by atoms with Gasteiger partial charge in [0.2, 0.25) is 0 Å². The number of aryl methyl sites for hydroxylation is 1. The monoisotopic (exact) mass is 305 g/mol. The van der Waals surface area contributed by atoms with E-state index in [9.17, 15) is 0 Å². The first kappa shape index (κ1) is 10.5. The minimum atomic E-state index is 0.578. The molecule has 0 bridgehead atoms. The molecule has 14 heavy (non-hydrogen) atoms. The molecule has 2 rings (SSSR count). The number of halogens is 1. The maximum atomic E-state index is 5.64. The minimum Gasteiger partial charge on any atom is -0.376 e. The molecular formula is C11H16INO. The molecule has 0 unspecified atom stereocenters. The second-order valence-electron chi connectivity index (χ2n) is 3.77. The zero-order chi connectivity index (χ0) is 9.97. The first-order valence-electron chi connectivity index (χ1n) is 5.25. The van der Waals surface area contributed by atoms with E-state index < -0.39 is 0 Å². The van der Waals surface area contributed by atoms with Gasteiger partial charge in [0.05, 0.1) is 12.7 Å². The van der Waals surface area contributed by atoms with Crippen molar-refractivity contribution in [1.29, 1.82) is 0 Å². The third kappa shape index (κ3) is 2.73. The number of nitrogens with zero attached hydrogens (tertiary/aromatic N) is 1. The van der Waals surface area contributed by atoms with E-state index in [1.165, 1.54) is 22.1 Å². The van der Waals surface area contributed by atoms with E-state index in [2.05, 4.69) is 46.3 Å². The van der Waals surface area contributed by atoms with E-state index in [0.29, 0.717) is 6.10 Å². The van der Waals surface area contributed by atoms with Crippen molar-refractivity contribution in [3.63, 3.8) is 0 Å². The summed E-state index contributed by atoms with van der Waals surface area (Å²) in [6, 6.07) is 2.25. The second kappa shape index (κ2) is 4.66. The van der Waals surface area contributed by atoms with Gasteiger partial charge in [-0.1, -0.05) is 6.92 Å². The lowest BCUT2D eigenvalue weighted by Crippen LogP contribution is -2.08. The van der Waals surface area contributed by atoms with Crippen molar-refractivity contribution in [3.8, 4) is 0 Å². The smallest absolute Gasteiger partial charge is 0.0649 e. The molecule has 1 heterocycles. The van der Waals surface area contributed by atoms with Crippen LogP contribution < -0.4 is 0 Å². The third-order valence-corrected chi connectivity index (χ3v) is 3.11. The van der Waals surface area contributed by atoms with E-state index in [0.717, 1.165) is 19.6 Å². The zero-order valence-electron chi connectivity index (χ0n) is 8.50. The average Bonchev–Trinajstić information content (AvgIpc) is 2.90. The molecular weight excluding hydrogens is 289 g/mol. The number of ether oxygens (including phenoxy) is 1. The Morgan fingerprint density at radius 2 is 2.36 bits per heavy atom. The molecule has 0 N–H and O–H groups in total. The third-order valence-electron chi connectivity index (χ3n) is 2.52. The normalized spacial score (nSPS) is 16.1. The lowest BCUT2D eigenvalue weighted by molar-refractivity contribution is 0.111. The highest BCUT2D eigenvalue weighted by Gasteiger charge is 2.21. The summed E-state index contributed by atoms with van der Waals surface area (Å²) in [5.41, 5.74) is 1.41. The van der Waals surface area contributed by atoms with Crippen LogP contribution in [0, 0.1) is 3.57 Å². The van der Waals surface area contributed by atoms with Crippen molar-refractivity contribution >= 4 is 22.6 Å². The molecule has 1 aromatic rings. The van der Waals surface area contributed by atoms with Crippen LogP contribution in [-0.4, -0.2) is 17.3 Å². The molecule has 0 saturated heterocycles. The van der Waals surface area contributed by atoms with Crippen LogP contribution in [0.5, 0.6) is 0 Å². The Hall–Kier alpha value is -0.0300. The predicted octanol–water partition coefficient (Wildman–Crippen LogP) is 2.83. The first-order valence-corrected chi connectivity index (χ1v) is 6.33. The molecule has 0 aromatic carbocycles. The molecule has 0 amide bonds. The van der Waals surface area contributed by atoms with E-state index >= 15 is 0 Å². The average molecular weight is 305 g/mol. The summed E-state index contributed by atoms with van der Waals surface area (Å²) in [7, 11) is 0. The second-order valence-corrected chi connectivity index (χ2v) is 5.01. The van der Waals surface area contributed by atoms with Crippen molar-refractivity contribution in [2.24, 2.45) is 0 Å². The predicted molar refractivity (Wildman–Crippen MR) is 65.5 cm³/mol. The lowest BCUT2D eigenvalue weighted by atomic mass is 10.3. The van der Waals surface area contributed by atoms with Crippen molar-refractivity contribution in [1.82, 2.24) is 4.57 Å². The largest absolute Gasteiger partial charge is 0.376 e. The Balaban J connectivity index is 1.86. The van der Waals surface area contributed by atoms with Gasteiger partial charge >= 0.3 is 0 Å². The van der Waals surface area contributed by atoms with Crippen molar-refractivity contribution < 1.29 is 4.74 Å². The summed E-state index contributed by atoms with van der Waals surface area (Å²) < 4.78 is 9.28. The Bertz CT molecular complexity index is 304. The fourth-order valence-electron chi connectivity index (χ4n) is 1.58. The van der Waals surface area contributed by atoms with Crippen LogP contribution in [0.15, 0.2) is 12.3 Å². The van der Waals surface area contributed by atoms with E-state index in [-0.39, 0.29) is 0 Å². The molecule has 1 fully saturated rings.